The second-order valence-electron chi connectivity index (χ2n) is 5.03. The Morgan fingerprint density at radius 2 is 2.15 bits per heavy atom. The molecular weight excluding hydrogens is 254 g/mol. The highest BCUT2D eigenvalue weighted by molar-refractivity contribution is 5.37. The number of nitrogens with zero attached hydrogens (tertiary/aromatic N) is 4. The van der Waals surface area contributed by atoms with E-state index in [2.05, 4.69) is 26.7 Å². The summed E-state index contributed by atoms with van der Waals surface area (Å²) in [6.45, 7) is 8.56. The van der Waals surface area contributed by atoms with Crippen LogP contribution in [0.1, 0.15) is 19.8 Å². The van der Waals surface area contributed by atoms with Gasteiger partial charge in [0, 0.05) is 32.7 Å². The minimum atomic E-state index is 0.618. The van der Waals surface area contributed by atoms with E-state index in [-0.39, 0.29) is 0 Å². The molecule has 0 bridgehead atoms. The van der Waals surface area contributed by atoms with Crippen molar-refractivity contribution in [2.45, 2.75) is 19.8 Å². The lowest BCUT2D eigenvalue weighted by atomic mass is 10.4. The summed E-state index contributed by atoms with van der Waals surface area (Å²) < 4.78 is 5.55. The van der Waals surface area contributed by atoms with Gasteiger partial charge in [0.2, 0.25) is 5.88 Å². The average molecular weight is 279 g/mol. The molecule has 1 aliphatic rings. The minimum absolute atomic E-state index is 0.618. The third kappa shape index (κ3) is 4.31. The molecular formula is C14H25N5O. The molecule has 0 atom stereocenters. The standard InChI is InChI=1S/C14H25N5O/c1-2-10-20-14-12-16-11-13(17-14)19-6-3-5-18(7-4-15)8-9-19/h11-12H,2-10,15H2,1H3. The Bertz CT molecular complexity index is 401. The lowest BCUT2D eigenvalue weighted by Gasteiger charge is -2.22. The van der Waals surface area contributed by atoms with Gasteiger partial charge in [0.1, 0.15) is 0 Å². The Labute approximate surface area is 120 Å². The Balaban J connectivity index is 1.96. The summed E-state index contributed by atoms with van der Waals surface area (Å²) >= 11 is 0. The molecule has 1 aromatic rings. The summed E-state index contributed by atoms with van der Waals surface area (Å²) in [4.78, 5) is 13.5. The third-order valence-electron chi connectivity index (χ3n) is 3.41. The predicted octanol–water partition coefficient (Wildman–Crippen LogP) is 0.736. The van der Waals surface area contributed by atoms with Crippen molar-refractivity contribution < 1.29 is 4.74 Å². The van der Waals surface area contributed by atoms with E-state index in [0.29, 0.717) is 12.5 Å². The van der Waals surface area contributed by atoms with Crippen LogP contribution < -0.4 is 15.4 Å². The van der Waals surface area contributed by atoms with E-state index < -0.39 is 0 Å². The molecule has 6 nitrogen and oxygen atoms in total. The molecule has 2 heterocycles. The molecule has 20 heavy (non-hydrogen) atoms. The molecule has 0 unspecified atom stereocenters. The van der Waals surface area contributed by atoms with Crippen LogP contribution in [-0.2, 0) is 0 Å². The van der Waals surface area contributed by atoms with Crippen LogP contribution in [0.15, 0.2) is 12.4 Å². The van der Waals surface area contributed by atoms with Gasteiger partial charge < -0.3 is 20.3 Å². The van der Waals surface area contributed by atoms with Crippen molar-refractivity contribution in [1.29, 1.82) is 0 Å². The second kappa shape index (κ2) is 8.01. The van der Waals surface area contributed by atoms with E-state index in [1.807, 2.05) is 6.20 Å². The van der Waals surface area contributed by atoms with Crippen molar-refractivity contribution in [2.24, 2.45) is 5.73 Å². The number of ether oxygens (including phenoxy) is 1. The maximum atomic E-state index is 5.63. The zero-order valence-corrected chi connectivity index (χ0v) is 12.3. The fourth-order valence-electron chi connectivity index (χ4n) is 2.37. The van der Waals surface area contributed by atoms with Crippen molar-refractivity contribution >= 4 is 5.82 Å². The van der Waals surface area contributed by atoms with E-state index in [1.165, 1.54) is 0 Å². The molecule has 0 amide bonds. The smallest absolute Gasteiger partial charge is 0.234 e. The fourth-order valence-corrected chi connectivity index (χ4v) is 2.37. The molecule has 0 saturated carbocycles. The maximum Gasteiger partial charge on any atom is 0.234 e. The highest BCUT2D eigenvalue weighted by Crippen LogP contribution is 2.16. The second-order valence-corrected chi connectivity index (χ2v) is 5.03. The lowest BCUT2D eigenvalue weighted by Crippen LogP contribution is -2.34. The SMILES string of the molecule is CCCOc1cncc(N2CCCN(CCN)CC2)n1. The van der Waals surface area contributed by atoms with Crippen molar-refractivity contribution in [2.75, 3.05) is 50.8 Å². The normalized spacial score (nSPS) is 17.0. The average Bonchev–Trinajstić information content (AvgIpc) is 2.72. The number of hydrogen-bond acceptors (Lipinski definition) is 6. The number of rotatable bonds is 6. The van der Waals surface area contributed by atoms with Gasteiger partial charge in [0.05, 0.1) is 19.0 Å². The van der Waals surface area contributed by atoms with Crippen LogP contribution >= 0.6 is 0 Å². The molecule has 0 spiro atoms. The van der Waals surface area contributed by atoms with Crippen LogP contribution in [0.3, 0.4) is 0 Å². The van der Waals surface area contributed by atoms with E-state index >= 15 is 0 Å². The largest absolute Gasteiger partial charge is 0.477 e. The van der Waals surface area contributed by atoms with Gasteiger partial charge in [-0.15, -0.1) is 0 Å². The molecule has 2 rings (SSSR count). The van der Waals surface area contributed by atoms with E-state index in [9.17, 15) is 0 Å². The molecule has 0 radical (unpaired) electrons. The Hall–Kier alpha value is -1.40. The first-order chi connectivity index (χ1) is 9.83. The molecule has 0 aliphatic carbocycles. The molecule has 112 valence electrons. The molecule has 6 heteroatoms. The molecule has 2 N–H and O–H groups in total. The topological polar surface area (TPSA) is 67.5 Å². The quantitative estimate of drug-likeness (QED) is 0.828. The van der Waals surface area contributed by atoms with Crippen LogP contribution in [-0.4, -0.2) is 60.7 Å². The molecule has 1 aromatic heterocycles. The third-order valence-corrected chi connectivity index (χ3v) is 3.41. The van der Waals surface area contributed by atoms with E-state index in [1.54, 1.807) is 6.20 Å². The van der Waals surface area contributed by atoms with Crippen molar-refractivity contribution in [3.8, 4) is 5.88 Å². The Kier molecular flexibility index (Phi) is 6.01. The zero-order valence-electron chi connectivity index (χ0n) is 12.3. The van der Waals surface area contributed by atoms with Crippen LogP contribution in [0.4, 0.5) is 5.82 Å². The van der Waals surface area contributed by atoms with Gasteiger partial charge in [-0.25, -0.2) is 0 Å². The summed E-state index contributed by atoms with van der Waals surface area (Å²) in [5.74, 6) is 1.53. The Morgan fingerprint density at radius 1 is 1.25 bits per heavy atom. The lowest BCUT2D eigenvalue weighted by molar-refractivity contribution is 0.301. The molecule has 1 saturated heterocycles. The summed E-state index contributed by atoms with van der Waals surface area (Å²) in [7, 11) is 0. The van der Waals surface area contributed by atoms with Gasteiger partial charge in [-0.1, -0.05) is 6.92 Å². The minimum Gasteiger partial charge on any atom is -0.477 e. The monoisotopic (exact) mass is 279 g/mol. The van der Waals surface area contributed by atoms with Gasteiger partial charge in [0.15, 0.2) is 5.82 Å². The number of hydrogen-bond donors (Lipinski definition) is 1. The van der Waals surface area contributed by atoms with Crippen LogP contribution in [0.2, 0.25) is 0 Å². The highest BCUT2D eigenvalue weighted by Gasteiger charge is 2.16. The molecule has 1 aliphatic heterocycles. The van der Waals surface area contributed by atoms with Gasteiger partial charge in [-0.05, 0) is 19.4 Å². The van der Waals surface area contributed by atoms with Crippen molar-refractivity contribution in [1.82, 2.24) is 14.9 Å². The number of aromatic nitrogens is 2. The zero-order chi connectivity index (χ0) is 14.2. The fraction of sp³-hybridized carbons (Fsp3) is 0.714. The Morgan fingerprint density at radius 3 is 2.95 bits per heavy atom. The highest BCUT2D eigenvalue weighted by atomic mass is 16.5. The predicted molar refractivity (Wildman–Crippen MR) is 80.1 cm³/mol. The van der Waals surface area contributed by atoms with Gasteiger partial charge in [-0.2, -0.15) is 4.98 Å². The number of nitrogens with two attached hydrogens (primary N) is 1. The van der Waals surface area contributed by atoms with Crippen LogP contribution in [0.25, 0.3) is 0 Å². The molecule has 0 aromatic carbocycles. The van der Waals surface area contributed by atoms with Crippen molar-refractivity contribution in [3.63, 3.8) is 0 Å². The summed E-state index contributed by atoms with van der Waals surface area (Å²) in [6, 6.07) is 0. The van der Waals surface area contributed by atoms with E-state index in [0.717, 1.165) is 57.9 Å². The first kappa shape index (κ1) is 15.0. The van der Waals surface area contributed by atoms with Crippen molar-refractivity contribution in [3.05, 3.63) is 12.4 Å². The first-order valence-electron chi connectivity index (χ1n) is 7.45. The maximum absolute atomic E-state index is 5.63. The van der Waals surface area contributed by atoms with Gasteiger partial charge in [0.25, 0.3) is 0 Å². The first-order valence-corrected chi connectivity index (χ1v) is 7.45. The van der Waals surface area contributed by atoms with Gasteiger partial charge >= 0.3 is 0 Å². The van der Waals surface area contributed by atoms with E-state index in [4.69, 9.17) is 10.5 Å². The summed E-state index contributed by atoms with van der Waals surface area (Å²) in [5.41, 5.74) is 5.63. The summed E-state index contributed by atoms with van der Waals surface area (Å²) in [6.07, 6.45) is 5.60. The van der Waals surface area contributed by atoms with Crippen LogP contribution in [0.5, 0.6) is 5.88 Å². The number of anilines is 1. The molecule has 1 fully saturated rings. The summed E-state index contributed by atoms with van der Waals surface area (Å²) in [5, 5.41) is 0. The van der Waals surface area contributed by atoms with Crippen LogP contribution in [0, 0.1) is 0 Å². The van der Waals surface area contributed by atoms with Gasteiger partial charge in [-0.3, -0.25) is 4.98 Å².